The second-order valence-electron chi connectivity index (χ2n) is 7.84. The zero-order valence-corrected chi connectivity index (χ0v) is 19.5. The third-order valence-electron chi connectivity index (χ3n) is 5.14. The van der Waals surface area contributed by atoms with Crippen molar-refractivity contribution in [3.63, 3.8) is 0 Å². The zero-order valence-electron chi connectivity index (χ0n) is 18.6. The lowest BCUT2D eigenvalue weighted by Crippen LogP contribution is -2.13. The molecular weight excluding hydrogens is 502 g/mol. The smallest absolute Gasteiger partial charge is 0.348 e. The molecule has 1 aromatic carbocycles. The fourth-order valence-electron chi connectivity index (χ4n) is 3.44. The number of nitrogens with one attached hydrogen (secondary N) is 3. The van der Waals surface area contributed by atoms with Gasteiger partial charge in [0.25, 0.3) is 0 Å². The molecule has 0 amide bonds. The van der Waals surface area contributed by atoms with E-state index in [1.807, 2.05) is 0 Å². The van der Waals surface area contributed by atoms with Crippen molar-refractivity contribution in [1.82, 2.24) is 19.9 Å². The summed E-state index contributed by atoms with van der Waals surface area (Å²) in [5.74, 6) is -0.749. The quantitative estimate of drug-likeness (QED) is 0.236. The number of pyridine rings is 1. The van der Waals surface area contributed by atoms with Crippen LogP contribution in [0.4, 0.5) is 34.9 Å². The van der Waals surface area contributed by atoms with Gasteiger partial charge in [0.2, 0.25) is 21.7 Å². The Morgan fingerprint density at radius 2 is 1.92 bits per heavy atom. The number of hydrogen-bond donors (Lipinski definition) is 3. The maximum absolute atomic E-state index is 14.4. The number of benzene rings is 1. The Kier molecular flexibility index (Phi) is 6.27. The van der Waals surface area contributed by atoms with E-state index in [0.29, 0.717) is 11.8 Å². The highest BCUT2D eigenvalue weighted by Crippen LogP contribution is 2.37. The molecule has 0 spiro atoms. The van der Waals surface area contributed by atoms with Gasteiger partial charge in [-0.05, 0) is 30.7 Å². The first kappa shape index (κ1) is 24.9. The second-order valence-corrected chi connectivity index (χ2v) is 9.59. The van der Waals surface area contributed by atoms with E-state index < -0.39 is 33.6 Å². The average molecular weight is 519 g/mol. The van der Waals surface area contributed by atoms with Crippen molar-refractivity contribution in [2.75, 3.05) is 16.3 Å². The van der Waals surface area contributed by atoms with Crippen molar-refractivity contribution >= 4 is 38.4 Å². The number of alkyl halides is 3. The lowest BCUT2D eigenvalue weighted by molar-refractivity contribution is -0.137. The molecule has 0 bridgehead atoms. The fraction of sp³-hybridized carbons (Fsp3) is 0.182. The lowest BCUT2D eigenvalue weighted by atomic mass is 10.1. The van der Waals surface area contributed by atoms with Gasteiger partial charge in [0.1, 0.15) is 11.5 Å². The van der Waals surface area contributed by atoms with Crippen LogP contribution in [0.15, 0.2) is 42.9 Å². The molecule has 4 aromatic rings. The lowest BCUT2D eigenvalue weighted by Gasteiger charge is -2.16. The van der Waals surface area contributed by atoms with Gasteiger partial charge in [-0.1, -0.05) is 6.07 Å². The number of anilines is 2. The molecule has 14 heteroatoms. The minimum Gasteiger partial charge on any atom is -0.348 e. The molecule has 0 aliphatic carbocycles. The Hall–Kier alpha value is -4.25. The van der Waals surface area contributed by atoms with Crippen molar-refractivity contribution in [2.24, 2.45) is 0 Å². The molecule has 3 aromatic heterocycles. The molecule has 4 rings (SSSR count). The van der Waals surface area contributed by atoms with Crippen LogP contribution in [-0.2, 0) is 16.2 Å². The summed E-state index contributed by atoms with van der Waals surface area (Å²) in [6, 6.07) is 4.29. The van der Waals surface area contributed by atoms with Gasteiger partial charge in [-0.15, -0.1) is 0 Å². The SMILES string of the molecule is [C-]#[N+]c1cnc(N[C@H](C)c2ccc(NS(C)(=O)=O)c(F)c2)nc1-c1c[nH]c2ncc(C(F)(F)F)cc12. The van der Waals surface area contributed by atoms with Crippen LogP contribution in [0.1, 0.15) is 24.1 Å². The van der Waals surface area contributed by atoms with Gasteiger partial charge in [-0.3, -0.25) is 4.72 Å². The Balaban J connectivity index is 1.68. The molecule has 0 saturated carbocycles. The van der Waals surface area contributed by atoms with Crippen molar-refractivity contribution in [3.8, 4) is 11.3 Å². The minimum atomic E-state index is -4.60. The predicted molar refractivity (Wildman–Crippen MR) is 125 cm³/mol. The maximum Gasteiger partial charge on any atom is 0.417 e. The van der Waals surface area contributed by atoms with Crippen LogP contribution in [0.25, 0.3) is 27.1 Å². The standard InChI is InChI=1S/C22H17F4N7O2S/c1-11(12-4-5-17(16(23)6-12)33-36(3,34)35)31-21-30-10-18(27-2)19(32-21)15-9-29-20-14(15)7-13(8-28-20)22(24,25)26/h4-11,33H,1,3H3,(H,28,29)(H,30,31,32)/t11-/m1/s1. The topological polar surface area (TPSA) is 117 Å². The van der Waals surface area contributed by atoms with Crippen LogP contribution in [0.5, 0.6) is 0 Å². The van der Waals surface area contributed by atoms with Gasteiger partial charge in [0, 0.05) is 29.5 Å². The molecule has 0 aliphatic rings. The van der Waals surface area contributed by atoms with Gasteiger partial charge in [0.05, 0.1) is 35.8 Å². The summed E-state index contributed by atoms with van der Waals surface area (Å²) in [4.78, 5) is 18.4. The number of sulfonamides is 1. The fourth-order valence-corrected chi connectivity index (χ4v) is 4.00. The van der Waals surface area contributed by atoms with E-state index in [1.165, 1.54) is 24.5 Å². The number of nitrogens with zero attached hydrogens (tertiary/aromatic N) is 4. The van der Waals surface area contributed by atoms with Crippen LogP contribution in [-0.4, -0.2) is 34.6 Å². The molecule has 0 saturated heterocycles. The molecule has 3 N–H and O–H groups in total. The predicted octanol–water partition coefficient (Wildman–Crippen LogP) is 5.27. The summed E-state index contributed by atoms with van der Waals surface area (Å²) in [5.41, 5.74) is -0.202. The van der Waals surface area contributed by atoms with E-state index in [1.54, 1.807) is 6.92 Å². The molecule has 0 fully saturated rings. The Bertz CT molecular complexity index is 1610. The molecule has 1 atom stereocenters. The normalized spacial score (nSPS) is 12.8. The summed E-state index contributed by atoms with van der Waals surface area (Å²) in [6.45, 7) is 9.09. The van der Waals surface area contributed by atoms with Gasteiger partial charge in [0.15, 0.2) is 0 Å². The van der Waals surface area contributed by atoms with Gasteiger partial charge < -0.3 is 10.3 Å². The van der Waals surface area contributed by atoms with E-state index in [-0.39, 0.29) is 39.6 Å². The second kappa shape index (κ2) is 9.08. The Morgan fingerprint density at radius 1 is 1.17 bits per heavy atom. The summed E-state index contributed by atoms with van der Waals surface area (Å²) in [5, 5.41) is 3.08. The monoisotopic (exact) mass is 519 g/mol. The third kappa shape index (κ3) is 5.20. The van der Waals surface area contributed by atoms with E-state index in [2.05, 4.69) is 34.8 Å². The first-order valence-corrected chi connectivity index (χ1v) is 12.1. The summed E-state index contributed by atoms with van der Waals surface area (Å²) >= 11 is 0. The molecule has 0 unspecified atom stereocenters. The number of aromatic nitrogens is 4. The number of hydrogen-bond acceptors (Lipinski definition) is 6. The van der Waals surface area contributed by atoms with Gasteiger partial charge >= 0.3 is 6.18 Å². The summed E-state index contributed by atoms with van der Waals surface area (Å²) < 4.78 is 78.8. The van der Waals surface area contributed by atoms with E-state index in [4.69, 9.17) is 6.57 Å². The highest BCUT2D eigenvalue weighted by Gasteiger charge is 2.31. The Morgan fingerprint density at radius 3 is 2.56 bits per heavy atom. The van der Waals surface area contributed by atoms with Crippen LogP contribution in [0.3, 0.4) is 0 Å². The number of H-pyrrole nitrogens is 1. The van der Waals surface area contributed by atoms with Crippen LogP contribution in [0, 0.1) is 12.4 Å². The number of rotatable bonds is 6. The van der Waals surface area contributed by atoms with E-state index >= 15 is 0 Å². The molecule has 0 aliphatic heterocycles. The van der Waals surface area contributed by atoms with Crippen LogP contribution in [0.2, 0.25) is 0 Å². The van der Waals surface area contributed by atoms with Crippen molar-refractivity contribution < 1.29 is 26.0 Å². The number of aromatic amines is 1. The largest absolute Gasteiger partial charge is 0.417 e. The molecule has 9 nitrogen and oxygen atoms in total. The molecule has 3 heterocycles. The maximum atomic E-state index is 14.4. The van der Waals surface area contributed by atoms with E-state index in [0.717, 1.165) is 18.4 Å². The molecular formula is C22H17F4N7O2S. The highest BCUT2D eigenvalue weighted by atomic mass is 32.2. The minimum absolute atomic E-state index is 0.00811. The first-order chi connectivity index (χ1) is 16.9. The van der Waals surface area contributed by atoms with Crippen LogP contribution < -0.4 is 10.0 Å². The Labute approximate surface area is 202 Å². The van der Waals surface area contributed by atoms with Gasteiger partial charge in [-0.2, -0.15) is 13.2 Å². The number of halogens is 4. The van der Waals surface area contributed by atoms with Crippen molar-refractivity contribution in [1.29, 1.82) is 0 Å². The molecule has 186 valence electrons. The van der Waals surface area contributed by atoms with Crippen molar-refractivity contribution in [3.05, 3.63) is 71.2 Å². The summed E-state index contributed by atoms with van der Waals surface area (Å²) in [6.07, 6.45) is -0.356. The first-order valence-electron chi connectivity index (χ1n) is 10.2. The van der Waals surface area contributed by atoms with Crippen molar-refractivity contribution in [2.45, 2.75) is 19.1 Å². The molecule has 0 radical (unpaired) electrons. The average Bonchev–Trinajstić information content (AvgIpc) is 3.22. The summed E-state index contributed by atoms with van der Waals surface area (Å²) in [7, 11) is -3.66. The molecule has 36 heavy (non-hydrogen) atoms. The zero-order chi connectivity index (χ0) is 26.3. The highest BCUT2D eigenvalue weighted by molar-refractivity contribution is 7.92. The van der Waals surface area contributed by atoms with Crippen LogP contribution >= 0.6 is 0 Å². The van der Waals surface area contributed by atoms with Gasteiger partial charge in [-0.25, -0.2) is 32.6 Å². The number of fused-ring (bicyclic) bond motifs is 1. The van der Waals surface area contributed by atoms with E-state index in [9.17, 15) is 26.0 Å². The third-order valence-corrected chi connectivity index (χ3v) is 5.73.